The highest BCUT2D eigenvalue weighted by Gasteiger charge is 2.53. The molecular weight excluding hydrogens is 282 g/mol. The zero-order valence-corrected chi connectivity index (χ0v) is 12.0. The molecule has 0 saturated carbocycles. The fourth-order valence-corrected chi connectivity index (χ4v) is 4.66. The van der Waals surface area contributed by atoms with Gasteiger partial charge in [0, 0.05) is 25.9 Å². The minimum Gasteiger partial charge on any atom is -0.369 e. The Kier molecular flexibility index (Phi) is 3.09. The molecule has 2 aliphatic rings. The maximum Gasteiger partial charge on any atom is 0.219 e. The number of carbonyl (C=O) groups is 1. The van der Waals surface area contributed by atoms with Crippen LogP contribution in [0.1, 0.15) is 6.92 Å². The number of likely N-dealkylation sites (tertiary alicyclic amines) is 1. The number of ether oxygens (including phenoxy) is 1. The molecule has 1 amide bonds. The number of carbonyl (C=O) groups excluding carboxylic acids is 1. The number of amides is 1. The summed E-state index contributed by atoms with van der Waals surface area (Å²) in [6.45, 7) is 2.76. The SMILES string of the molecule is CC(=O)N1CC2(C1)CS(=O)(=O)[C@@H](Cn1ccnc1)CO2. The zero-order chi connectivity index (χ0) is 14.4. The summed E-state index contributed by atoms with van der Waals surface area (Å²) in [4.78, 5) is 16.7. The van der Waals surface area contributed by atoms with E-state index in [0.29, 0.717) is 19.6 Å². The van der Waals surface area contributed by atoms with E-state index in [4.69, 9.17) is 4.74 Å². The van der Waals surface area contributed by atoms with Gasteiger partial charge in [-0.15, -0.1) is 0 Å². The molecule has 20 heavy (non-hydrogen) atoms. The van der Waals surface area contributed by atoms with Crippen LogP contribution in [0.15, 0.2) is 18.7 Å². The number of aromatic nitrogens is 2. The topological polar surface area (TPSA) is 81.5 Å². The Balaban J connectivity index is 1.68. The van der Waals surface area contributed by atoms with E-state index >= 15 is 0 Å². The monoisotopic (exact) mass is 299 g/mol. The number of rotatable bonds is 2. The second kappa shape index (κ2) is 4.56. The molecule has 2 aliphatic heterocycles. The third kappa shape index (κ3) is 2.33. The highest BCUT2D eigenvalue weighted by molar-refractivity contribution is 7.92. The molecule has 8 heteroatoms. The van der Waals surface area contributed by atoms with Crippen molar-refractivity contribution in [3.05, 3.63) is 18.7 Å². The van der Waals surface area contributed by atoms with Gasteiger partial charge in [-0.05, 0) is 0 Å². The van der Waals surface area contributed by atoms with Crippen LogP contribution in [-0.2, 0) is 25.9 Å². The van der Waals surface area contributed by atoms with Crippen LogP contribution >= 0.6 is 0 Å². The van der Waals surface area contributed by atoms with Gasteiger partial charge >= 0.3 is 0 Å². The number of imidazole rings is 1. The van der Waals surface area contributed by atoms with Crippen LogP contribution in [0.2, 0.25) is 0 Å². The smallest absolute Gasteiger partial charge is 0.219 e. The Labute approximate surface area is 117 Å². The van der Waals surface area contributed by atoms with Gasteiger partial charge in [0.15, 0.2) is 9.84 Å². The molecule has 2 fully saturated rings. The third-order valence-electron chi connectivity index (χ3n) is 3.92. The third-order valence-corrected chi connectivity index (χ3v) is 6.15. The van der Waals surface area contributed by atoms with E-state index < -0.39 is 20.7 Å². The van der Waals surface area contributed by atoms with Gasteiger partial charge in [0.25, 0.3) is 0 Å². The minimum atomic E-state index is -3.23. The molecular formula is C12H17N3O4S. The molecule has 0 N–H and O–H groups in total. The van der Waals surface area contributed by atoms with Gasteiger partial charge in [0.1, 0.15) is 10.9 Å². The van der Waals surface area contributed by atoms with Crippen molar-refractivity contribution < 1.29 is 17.9 Å². The van der Waals surface area contributed by atoms with Gasteiger partial charge in [-0.3, -0.25) is 4.79 Å². The summed E-state index contributed by atoms with van der Waals surface area (Å²) >= 11 is 0. The second-order valence-corrected chi connectivity index (χ2v) is 7.84. The van der Waals surface area contributed by atoms with Crippen LogP contribution in [0.4, 0.5) is 0 Å². The lowest BCUT2D eigenvalue weighted by Gasteiger charge is -2.51. The molecule has 1 aromatic heterocycles. The Morgan fingerprint density at radius 3 is 2.80 bits per heavy atom. The van der Waals surface area contributed by atoms with Gasteiger partial charge in [0.2, 0.25) is 5.91 Å². The first-order chi connectivity index (χ1) is 9.40. The normalized spacial score (nSPS) is 27.2. The summed E-state index contributed by atoms with van der Waals surface area (Å²) in [6.07, 6.45) is 4.95. The average Bonchev–Trinajstić information content (AvgIpc) is 2.81. The van der Waals surface area contributed by atoms with E-state index in [9.17, 15) is 13.2 Å². The van der Waals surface area contributed by atoms with Crippen molar-refractivity contribution in [2.24, 2.45) is 0 Å². The lowest BCUT2D eigenvalue weighted by molar-refractivity contribution is -0.163. The Bertz CT molecular complexity index is 605. The van der Waals surface area contributed by atoms with Gasteiger partial charge in [0.05, 0.1) is 31.8 Å². The van der Waals surface area contributed by atoms with Gasteiger partial charge in [-0.1, -0.05) is 0 Å². The highest BCUT2D eigenvalue weighted by atomic mass is 32.2. The molecule has 2 saturated heterocycles. The Morgan fingerprint density at radius 1 is 1.50 bits per heavy atom. The van der Waals surface area contributed by atoms with Gasteiger partial charge in [-0.25, -0.2) is 13.4 Å². The van der Waals surface area contributed by atoms with Crippen molar-refractivity contribution in [3.8, 4) is 0 Å². The number of nitrogens with zero attached hydrogens (tertiary/aromatic N) is 3. The Hall–Kier alpha value is -1.41. The first-order valence-electron chi connectivity index (χ1n) is 6.47. The fourth-order valence-electron chi connectivity index (χ4n) is 2.75. The molecule has 1 aromatic rings. The van der Waals surface area contributed by atoms with Crippen LogP contribution in [-0.4, -0.2) is 65.1 Å². The zero-order valence-electron chi connectivity index (χ0n) is 11.2. The van der Waals surface area contributed by atoms with Gasteiger partial charge in [-0.2, -0.15) is 0 Å². The van der Waals surface area contributed by atoms with Crippen molar-refractivity contribution in [3.63, 3.8) is 0 Å². The Morgan fingerprint density at radius 2 is 2.25 bits per heavy atom. The average molecular weight is 299 g/mol. The lowest BCUT2D eigenvalue weighted by atomic mass is 9.96. The molecule has 3 rings (SSSR count). The van der Waals surface area contributed by atoms with Crippen LogP contribution < -0.4 is 0 Å². The quantitative estimate of drug-likeness (QED) is 0.721. The predicted molar refractivity (Wildman–Crippen MR) is 70.7 cm³/mol. The van der Waals surface area contributed by atoms with Crippen LogP contribution in [0.5, 0.6) is 0 Å². The minimum absolute atomic E-state index is 0.0108. The van der Waals surface area contributed by atoms with E-state index in [-0.39, 0.29) is 18.3 Å². The van der Waals surface area contributed by atoms with E-state index in [2.05, 4.69) is 4.98 Å². The molecule has 0 radical (unpaired) electrons. The van der Waals surface area contributed by atoms with Crippen LogP contribution in [0.25, 0.3) is 0 Å². The maximum atomic E-state index is 12.4. The lowest BCUT2D eigenvalue weighted by Crippen LogP contribution is -2.70. The van der Waals surface area contributed by atoms with Crippen LogP contribution in [0, 0.1) is 0 Å². The van der Waals surface area contributed by atoms with E-state index in [1.54, 1.807) is 28.2 Å². The van der Waals surface area contributed by atoms with E-state index in [1.165, 1.54) is 6.92 Å². The number of sulfone groups is 1. The molecule has 3 heterocycles. The summed E-state index contributed by atoms with van der Waals surface area (Å²) in [5, 5.41) is -0.547. The van der Waals surface area contributed by atoms with Crippen molar-refractivity contribution in [2.75, 3.05) is 25.4 Å². The first-order valence-corrected chi connectivity index (χ1v) is 8.19. The number of hydrogen-bond acceptors (Lipinski definition) is 5. The van der Waals surface area contributed by atoms with Gasteiger partial charge < -0.3 is 14.2 Å². The maximum absolute atomic E-state index is 12.4. The van der Waals surface area contributed by atoms with E-state index in [1.807, 2.05) is 0 Å². The summed E-state index contributed by atoms with van der Waals surface area (Å²) < 4.78 is 32.3. The second-order valence-electron chi connectivity index (χ2n) is 5.56. The largest absolute Gasteiger partial charge is 0.369 e. The van der Waals surface area contributed by atoms with E-state index in [0.717, 1.165) is 0 Å². The molecule has 0 aromatic carbocycles. The van der Waals surface area contributed by atoms with Crippen molar-refractivity contribution in [2.45, 2.75) is 24.3 Å². The molecule has 0 bridgehead atoms. The summed E-state index contributed by atoms with van der Waals surface area (Å²) in [7, 11) is -3.23. The summed E-state index contributed by atoms with van der Waals surface area (Å²) in [5.41, 5.74) is -0.685. The molecule has 7 nitrogen and oxygen atoms in total. The first kappa shape index (κ1) is 13.6. The predicted octanol–water partition coefficient (Wildman–Crippen LogP) is -0.702. The molecule has 0 aliphatic carbocycles. The summed E-state index contributed by atoms with van der Waals surface area (Å²) in [6, 6.07) is 0. The van der Waals surface area contributed by atoms with Crippen LogP contribution in [0.3, 0.4) is 0 Å². The fraction of sp³-hybridized carbons (Fsp3) is 0.667. The summed E-state index contributed by atoms with van der Waals surface area (Å²) in [5.74, 6) is -0.0551. The number of hydrogen-bond donors (Lipinski definition) is 0. The molecule has 110 valence electrons. The molecule has 1 spiro atoms. The molecule has 0 unspecified atom stereocenters. The van der Waals surface area contributed by atoms with Crippen molar-refractivity contribution >= 4 is 15.7 Å². The standard InChI is InChI=1S/C12H17N3O4S/c1-10(16)15-6-12(7-15)8-20(17,18)11(5-19-12)4-14-3-2-13-9-14/h2-3,9,11H,4-8H2,1H3/t11-/m0/s1. The van der Waals surface area contributed by atoms with Crippen molar-refractivity contribution in [1.29, 1.82) is 0 Å². The molecule has 1 atom stereocenters. The van der Waals surface area contributed by atoms with Crippen molar-refractivity contribution in [1.82, 2.24) is 14.5 Å². The highest BCUT2D eigenvalue weighted by Crippen LogP contribution is 2.32.